The maximum absolute atomic E-state index is 6.54. The van der Waals surface area contributed by atoms with Crippen molar-refractivity contribution in [2.75, 3.05) is 0 Å². The molecule has 0 N–H and O–H groups in total. The molecule has 532 valence electrons. The van der Waals surface area contributed by atoms with E-state index in [1.165, 1.54) is 113 Å². The Morgan fingerprint density at radius 1 is 0.211 bits per heavy atom. The zero-order valence-corrected chi connectivity index (χ0v) is 62.4. The maximum atomic E-state index is 6.54. The van der Waals surface area contributed by atoms with Gasteiger partial charge in [0.05, 0.1) is 55.5 Å². The second-order valence-corrected chi connectivity index (χ2v) is 30.6. The minimum atomic E-state index is 0.845. The number of fused-ring (bicyclic) bond motifs is 18. The van der Waals surface area contributed by atoms with Crippen LogP contribution < -0.4 is 0 Å². The van der Waals surface area contributed by atoms with Crippen molar-refractivity contribution in [3.05, 3.63) is 400 Å². The van der Waals surface area contributed by atoms with E-state index >= 15 is 0 Å². The van der Waals surface area contributed by atoms with Crippen molar-refractivity contribution < 1.29 is 4.42 Å². The molecule has 16 aromatic carbocycles. The van der Waals surface area contributed by atoms with Crippen LogP contribution in [0.5, 0.6) is 0 Å². The van der Waals surface area contributed by atoms with Crippen LogP contribution in [0.1, 0.15) is 0 Å². The number of thiophene rings is 1. The molecular formula is C106H66N6OS. The van der Waals surface area contributed by atoms with Gasteiger partial charge < -0.3 is 13.6 Å². The third kappa shape index (κ3) is 10.6. The molecule has 0 fully saturated rings. The smallest absolute Gasteiger partial charge is 0.144 e. The Kier molecular flexibility index (Phi) is 15.0. The van der Waals surface area contributed by atoms with E-state index in [1.807, 2.05) is 23.5 Å². The lowest BCUT2D eigenvalue weighted by atomic mass is 10.0. The van der Waals surface area contributed by atoms with E-state index in [1.54, 1.807) is 0 Å². The molecule has 0 unspecified atom stereocenters. The lowest BCUT2D eigenvalue weighted by Gasteiger charge is -2.13. The highest BCUT2D eigenvalue weighted by atomic mass is 32.1. The lowest BCUT2D eigenvalue weighted by molar-refractivity contribution is 0.670. The standard InChI is InChI=1S/C53H33N3O.C53H33N3S/c2*1-3-14-34(15-4-1)37-32-46(43-22-13-21-42-41-20-9-12-25-51(41)57-53(42)43)54-52(33-37)56-48-24-11-8-19-40(48)45-31-36(27-29-50(45)56)35-26-28-49-44(30-35)39-18-7-10-23-47(39)55(49)38-16-5-2-6-17-38/h2*1-33H. The maximum Gasteiger partial charge on any atom is 0.144 e. The Hall–Kier alpha value is -15.0. The number of aromatic nitrogens is 6. The summed E-state index contributed by atoms with van der Waals surface area (Å²) in [5, 5.41) is 14.5. The van der Waals surface area contributed by atoms with Crippen LogP contribution in [0.15, 0.2) is 405 Å². The number of pyridine rings is 2. The van der Waals surface area contributed by atoms with Crippen molar-refractivity contribution in [2.45, 2.75) is 0 Å². The molecule has 114 heavy (non-hydrogen) atoms. The van der Waals surface area contributed by atoms with E-state index in [4.69, 9.17) is 14.4 Å². The summed E-state index contributed by atoms with van der Waals surface area (Å²) in [6.07, 6.45) is 0. The fourth-order valence-electron chi connectivity index (χ4n) is 17.8. The van der Waals surface area contributed by atoms with Gasteiger partial charge in [0, 0.05) is 96.5 Å². The van der Waals surface area contributed by atoms with E-state index in [0.29, 0.717) is 0 Å². The van der Waals surface area contributed by atoms with Gasteiger partial charge in [0.1, 0.15) is 22.8 Å². The molecule has 7 nitrogen and oxygen atoms in total. The molecule has 8 aromatic heterocycles. The van der Waals surface area contributed by atoms with E-state index in [9.17, 15) is 0 Å². The van der Waals surface area contributed by atoms with Gasteiger partial charge in [-0.05, 0) is 184 Å². The summed E-state index contributed by atoms with van der Waals surface area (Å²) in [4.78, 5) is 11.0. The van der Waals surface area contributed by atoms with Gasteiger partial charge in [-0.15, -0.1) is 11.3 Å². The Bertz CT molecular complexity index is 7510. The molecule has 0 radical (unpaired) electrons. The molecule has 8 heteroatoms. The van der Waals surface area contributed by atoms with Gasteiger partial charge in [0.15, 0.2) is 0 Å². The normalized spacial score (nSPS) is 11.9. The molecule has 0 aliphatic carbocycles. The first-order valence-corrected chi connectivity index (χ1v) is 39.6. The number of benzene rings is 16. The minimum Gasteiger partial charge on any atom is -0.455 e. The van der Waals surface area contributed by atoms with E-state index < -0.39 is 0 Å². The number of hydrogen-bond donors (Lipinski definition) is 0. The van der Waals surface area contributed by atoms with Crippen LogP contribution >= 0.6 is 11.3 Å². The van der Waals surface area contributed by atoms with E-state index in [-0.39, 0.29) is 0 Å². The zero-order chi connectivity index (χ0) is 74.9. The van der Waals surface area contributed by atoms with Crippen molar-refractivity contribution in [1.82, 2.24) is 28.2 Å². The average molecular weight is 1470 g/mol. The molecule has 0 saturated heterocycles. The average Bonchev–Trinajstić information content (AvgIpc) is 1.59. The van der Waals surface area contributed by atoms with Crippen molar-refractivity contribution in [2.24, 2.45) is 0 Å². The van der Waals surface area contributed by atoms with Crippen molar-refractivity contribution in [3.8, 4) is 90.0 Å². The molecule has 24 aromatic rings. The first kappa shape index (κ1) is 65.0. The highest BCUT2D eigenvalue weighted by Gasteiger charge is 2.24. The minimum absolute atomic E-state index is 0.845. The first-order chi connectivity index (χ1) is 56.5. The largest absolute Gasteiger partial charge is 0.455 e. The lowest BCUT2D eigenvalue weighted by Crippen LogP contribution is -2.00. The number of para-hydroxylation sites is 8. The molecule has 8 heterocycles. The van der Waals surface area contributed by atoms with Crippen LogP contribution in [-0.2, 0) is 0 Å². The van der Waals surface area contributed by atoms with Crippen LogP contribution in [0, 0.1) is 0 Å². The predicted octanol–water partition coefficient (Wildman–Crippen LogP) is 28.8. The Morgan fingerprint density at radius 3 is 1.02 bits per heavy atom. The highest BCUT2D eigenvalue weighted by molar-refractivity contribution is 7.26. The van der Waals surface area contributed by atoms with Crippen molar-refractivity contribution >= 4 is 141 Å². The van der Waals surface area contributed by atoms with Crippen LogP contribution in [-0.4, -0.2) is 28.2 Å². The van der Waals surface area contributed by atoms with Crippen molar-refractivity contribution in [1.29, 1.82) is 0 Å². The Balaban J connectivity index is 0.000000135. The molecule has 0 spiro atoms. The molecule has 0 atom stereocenters. The van der Waals surface area contributed by atoms with Crippen LogP contribution in [0.3, 0.4) is 0 Å². The number of hydrogen-bond acceptors (Lipinski definition) is 4. The Morgan fingerprint density at radius 2 is 0.553 bits per heavy atom. The van der Waals surface area contributed by atoms with Gasteiger partial charge in [0.2, 0.25) is 0 Å². The van der Waals surface area contributed by atoms with E-state index in [2.05, 4.69) is 407 Å². The molecule has 0 bridgehead atoms. The quantitative estimate of drug-likeness (QED) is 0.137. The summed E-state index contributed by atoms with van der Waals surface area (Å²) in [6.45, 7) is 0. The highest BCUT2D eigenvalue weighted by Crippen LogP contribution is 2.46. The topological polar surface area (TPSA) is 58.6 Å². The summed E-state index contributed by atoms with van der Waals surface area (Å²) in [5.74, 6) is 1.76. The zero-order valence-electron chi connectivity index (χ0n) is 61.6. The van der Waals surface area contributed by atoms with Crippen LogP contribution in [0.25, 0.3) is 219 Å². The molecule has 0 aliphatic rings. The summed E-state index contributed by atoms with van der Waals surface area (Å²) in [7, 11) is 0. The fourth-order valence-corrected chi connectivity index (χ4v) is 19.1. The van der Waals surface area contributed by atoms with Gasteiger partial charge in [-0.25, -0.2) is 9.97 Å². The molecular weight excluding hydrogens is 1410 g/mol. The summed E-state index contributed by atoms with van der Waals surface area (Å²) < 4.78 is 18.5. The van der Waals surface area contributed by atoms with Gasteiger partial charge in [0.25, 0.3) is 0 Å². The van der Waals surface area contributed by atoms with Crippen LogP contribution in [0.4, 0.5) is 0 Å². The fraction of sp³-hybridized carbons (Fsp3) is 0. The van der Waals surface area contributed by atoms with Crippen LogP contribution in [0.2, 0.25) is 0 Å². The van der Waals surface area contributed by atoms with Gasteiger partial charge in [-0.1, -0.05) is 261 Å². The Labute approximate surface area is 659 Å². The molecule has 0 aliphatic heterocycles. The van der Waals surface area contributed by atoms with Crippen molar-refractivity contribution in [3.63, 3.8) is 0 Å². The number of rotatable bonds is 10. The summed E-state index contributed by atoms with van der Waals surface area (Å²) in [6, 6.07) is 144. The summed E-state index contributed by atoms with van der Waals surface area (Å²) >= 11 is 1.85. The van der Waals surface area contributed by atoms with Gasteiger partial charge in [-0.2, -0.15) is 0 Å². The predicted molar refractivity (Wildman–Crippen MR) is 479 cm³/mol. The van der Waals surface area contributed by atoms with Gasteiger partial charge >= 0.3 is 0 Å². The third-order valence-electron chi connectivity index (χ3n) is 23.0. The monoisotopic (exact) mass is 1470 g/mol. The second kappa shape index (κ2) is 26.4. The summed E-state index contributed by atoms with van der Waals surface area (Å²) in [5.41, 5.74) is 26.5. The first-order valence-electron chi connectivity index (χ1n) is 38.8. The number of nitrogens with zero attached hydrogens (tertiary/aromatic N) is 6. The molecule has 0 saturated carbocycles. The van der Waals surface area contributed by atoms with Gasteiger partial charge in [-0.3, -0.25) is 9.13 Å². The molecule has 24 rings (SSSR count). The number of furan rings is 1. The third-order valence-corrected chi connectivity index (χ3v) is 24.3. The molecule has 0 amide bonds. The second-order valence-electron chi connectivity index (χ2n) is 29.5. The SMILES string of the molecule is c1ccc(-c2cc(-c3cccc4c3oc3ccccc34)nc(-n3c4ccccc4c4cc(-c5ccc6c(c5)c5ccccc5n6-c5ccccc5)ccc43)c2)cc1.c1ccc(-c2cc(-c3cccc4c3sc3ccccc34)nc(-n3c4ccccc4c4cc(-c5ccc6c(c5)c5ccccc5n6-c5ccccc5)ccc43)c2)cc1. The van der Waals surface area contributed by atoms with E-state index in [0.717, 1.165) is 106 Å².